The molecular formula is C18H27Cl2N3O4. The Hall–Kier alpha value is -1.31. The topological polar surface area (TPSA) is 82.5 Å². The van der Waals surface area contributed by atoms with Crippen LogP contribution in [0.3, 0.4) is 0 Å². The molecular weight excluding hydrogens is 393 g/mol. The Balaban J connectivity index is 2.16. The third kappa shape index (κ3) is 5.59. The summed E-state index contributed by atoms with van der Waals surface area (Å²) in [6.07, 6.45) is 3.87. The van der Waals surface area contributed by atoms with Gasteiger partial charge in [-0.3, -0.25) is 9.48 Å². The van der Waals surface area contributed by atoms with Crippen molar-refractivity contribution < 1.29 is 19.1 Å². The number of amides is 1. The van der Waals surface area contributed by atoms with E-state index in [1.165, 1.54) is 6.20 Å². The Morgan fingerprint density at radius 3 is 2.70 bits per heavy atom. The maximum Gasteiger partial charge on any atom is 0.331 e. The molecule has 0 unspecified atom stereocenters. The summed E-state index contributed by atoms with van der Waals surface area (Å²) >= 11 is 11.6. The molecule has 0 aliphatic carbocycles. The second-order valence-electron chi connectivity index (χ2n) is 6.87. The van der Waals surface area contributed by atoms with Crippen molar-refractivity contribution in [2.45, 2.75) is 62.9 Å². The van der Waals surface area contributed by atoms with Crippen LogP contribution in [0.25, 0.3) is 0 Å². The summed E-state index contributed by atoms with van der Waals surface area (Å²) in [6, 6.07) is 0.213. The first-order valence-corrected chi connectivity index (χ1v) is 10.1. The van der Waals surface area contributed by atoms with Gasteiger partial charge in [-0.05, 0) is 46.5 Å². The van der Waals surface area contributed by atoms with Crippen LogP contribution >= 0.6 is 23.2 Å². The van der Waals surface area contributed by atoms with Gasteiger partial charge in [-0.1, -0.05) is 0 Å². The number of esters is 1. The van der Waals surface area contributed by atoms with Crippen molar-refractivity contribution in [2.24, 2.45) is 0 Å². The van der Waals surface area contributed by atoms with Crippen LogP contribution < -0.4 is 5.32 Å². The highest BCUT2D eigenvalue weighted by molar-refractivity contribution is 6.44. The smallest absolute Gasteiger partial charge is 0.331 e. The fourth-order valence-corrected chi connectivity index (χ4v) is 3.38. The Bertz CT molecular complexity index is 659. The number of alkyl halides is 2. The third-order valence-electron chi connectivity index (χ3n) is 4.80. The van der Waals surface area contributed by atoms with Crippen LogP contribution in [0.1, 0.15) is 61.6 Å². The highest BCUT2D eigenvalue weighted by Crippen LogP contribution is 2.25. The van der Waals surface area contributed by atoms with E-state index in [1.54, 1.807) is 13.8 Å². The number of halogens is 2. The zero-order chi connectivity index (χ0) is 20.0. The molecule has 1 amide bonds. The summed E-state index contributed by atoms with van der Waals surface area (Å²) in [5, 5.41) is 7.19. The number of nitrogens with zero attached hydrogens (tertiary/aromatic N) is 2. The van der Waals surface area contributed by atoms with Crippen LogP contribution in [0.5, 0.6) is 0 Å². The third-order valence-corrected chi connectivity index (χ3v) is 5.24. The van der Waals surface area contributed by atoms with Gasteiger partial charge in [0.2, 0.25) is 0 Å². The molecule has 0 saturated carbocycles. The van der Waals surface area contributed by atoms with Crippen LogP contribution in [0.15, 0.2) is 6.20 Å². The largest absolute Gasteiger partial charge is 0.464 e. The molecule has 1 aromatic rings. The van der Waals surface area contributed by atoms with Gasteiger partial charge >= 0.3 is 5.97 Å². The first kappa shape index (κ1) is 22.0. The van der Waals surface area contributed by atoms with Gasteiger partial charge in [-0.2, -0.15) is 5.10 Å². The highest BCUT2D eigenvalue weighted by atomic mass is 35.5. The van der Waals surface area contributed by atoms with Gasteiger partial charge in [-0.25, -0.2) is 4.79 Å². The Labute approximate surface area is 169 Å². The molecule has 9 heteroatoms. The molecule has 0 radical (unpaired) electrons. The fraction of sp³-hybridized carbons (Fsp3) is 0.722. The van der Waals surface area contributed by atoms with Crippen LogP contribution in [-0.2, 0) is 14.3 Å². The second kappa shape index (κ2) is 9.75. The second-order valence-corrected chi connectivity index (χ2v) is 8.15. The lowest BCUT2D eigenvalue weighted by molar-refractivity contribution is -0.150. The van der Waals surface area contributed by atoms with Crippen molar-refractivity contribution in [1.29, 1.82) is 0 Å². The minimum atomic E-state index is -1.22. The fourth-order valence-electron chi connectivity index (χ4n) is 3.17. The molecule has 1 fully saturated rings. The molecule has 2 heterocycles. The minimum absolute atomic E-state index is 0.213. The first-order valence-electron chi connectivity index (χ1n) is 9.18. The maximum atomic E-state index is 12.9. The van der Waals surface area contributed by atoms with Gasteiger partial charge < -0.3 is 14.8 Å². The Morgan fingerprint density at radius 2 is 2.11 bits per heavy atom. The van der Waals surface area contributed by atoms with E-state index in [0.29, 0.717) is 25.2 Å². The van der Waals surface area contributed by atoms with Crippen molar-refractivity contribution in [3.63, 3.8) is 0 Å². The average molecular weight is 420 g/mol. The number of ether oxygens (including phenoxy) is 2. The molecule has 2 rings (SSSR count). The lowest BCUT2D eigenvalue weighted by Crippen LogP contribution is -2.53. The number of nitrogens with one attached hydrogen (secondary N) is 1. The molecule has 1 aliphatic heterocycles. The van der Waals surface area contributed by atoms with E-state index < -0.39 is 16.3 Å². The number of carbonyl (C=O) groups excluding carboxylic acids is 2. The predicted molar refractivity (Wildman–Crippen MR) is 103 cm³/mol. The van der Waals surface area contributed by atoms with E-state index >= 15 is 0 Å². The van der Waals surface area contributed by atoms with Crippen molar-refractivity contribution >= 4 is 35.1 Å². The molecule has 0 aromatic carbocycles. The van der Waals surface area contributed by atoms with E-state index in [2.05, 4.69) is 10.4 Å². The summed E-state index contributed by atoms with van der Waals surface area (Å²) in [5.74, 6) is -0.885. The molecule has 1 aromatic heterocycles. The standard InChI is InChI=1S/C18H27Cl2N3O4/c1-4-27-17(25)18(3,8-5-15(19)20)22-16(24)14-11-21-23(12(14)2)13-6-9-26-10-7-13/h11,13,15H,4-10H2,1-3H3,(H,22,24)/t18-/m0/s1. The molecule has 152 valence electrons. The van der Waals surface area contributed by atoms with Crippen LogP contribution in [0.2, 0.25) is 0 Å². The number of rotatable bonds is 8. The summed E-state index contributed by atoms with van der Waals surface area (Å²) in [6.45, 7) is 6.78. The zero-order valence-electron chi connectivity index (χ0n) is 16.0. The summed E-state index contributed by atoms with van der Waals surface area (Å²) < 4.78 is 12.4. The summed E-state index contributed by atoms with van der Waals surface area (Å²) in [7, 11) is 0. The van der Waals surface area contributed by atoms with Crippen LogP contribution in [0.4, 0.5) is 0 Å². The number of carbonyl (C=O) groups is 2. The molecule has 7 nitrogen and oxygen atoms in total. The number of aromatic nitrogens is 2. The molecule has 1 atom stereocenters. The zero-order valence-corrected chi connectivity index (χ0v) is 17.5. The Kier molecular flexibility index (Phi) is 7.94. The average Bonchev–Trinajstić information content (AvgIpc) is 3.02. The Morgan fingerprint density at radius 1 is 1.44 bits per heavy atom. The molecule has 0 bridgehead atoms. The summed E-state index contributed by atoms with van der Waals surface area (Å²) in [4.78, 5) is 24.7. The SMILES string of the molecule is CCOC(=O)[C@](C)(CCC(Cl)Cl)NC(=O)c1cnn(C2CCOCC2)c1C. The predicted octanol–water partition coefficient (Wildman–Crippen LogP) is 3.18. The first-order chi connectivity index (χ1) is 12.8. The maximum absolute atomic E-state index is 12.9. The normalized spacial score (nSPS) is 17.6. The van der Waals surface area contributed by atoms with Crippen molar-refractivity contribution in [2.75, 3.05) is 19.8 Å². The molecule has 27 heavy (non-hydrogen) atoms. The minimum Gasteiger partial charge on any atom is -0.464 e. The van der Waals surface area contributed by atoms with Crippen molar-refractivity contribution in [3.8, 4) is 0 Å². The van der Waals surface area contributed by atoms with Gasteiger partial charge in [-0.15, -0.1) is 23.2 Å². The van der Waals surface area contributed by atoms with Gasteiger partial charge in [0.15, 0.2) is 0 Å². The van der Waals surface area contributed by atoms with Crippen molar-refractivity contribution in [3.05, 3.63) is 17.5 Å². The highest BCUT2D eigenvalue weighted by Gasteiger charge is 2.37. The molecule has 1 saturated heterocycles. The van der Waals surface area contributed by atoms with E-state index in [0.717, 1.165) is 18.5 Å². The van der Waals surface area contributed by atoms with E-state index in [1.807, 2.05) is 11.6 Å². The lowest BCUT2D eigenvalue weighted by atomic mass is 9.95. The van der Waals surface area contributed by atoms with Gasteiger partial charge in [0.05, 0.1) is 24.4 Å². The summed E-state index contributed by atoms with van der Waals surface area (Å²) in [5.41, 5.74) is -0.0222. The van der Waals surface area contributed by atoms with E-state index in [4.69, 9.17) is 32.7 Å². The molecule has 1 N–H and O–H groups in total. The number of hydrogen-bond donors (Lipinski definition) is 1. The van der Waals surface area contributed by atoms with Gasteiger partial charge in [0.25, 0.3) is 5.91 Å². The molecule has 1 aliphatic rings. The molecule has 0 spiro atoms. The van der Waals surface area contributed by atoms with Crippen LogP contribution in [0, 0.1) is 6.92 Å². The number of hydrogen-bond acceptors (Lipinski definition) is 5. The van der Waals surface area contributed by atoms with Crippen molar-refractivity contribution in [1.82, 2.24) is 15.1 Å². The van der Waals surface area contributed by atoms with Crippen LogP contribution in [-0.4, -0.2) is 51.9 Å². The monoisotopic (exact) mass is 419 g/mol. The van der Waals surface area contributed by atoms with E-state index in [-0.39, 0.29) is 25.0 Å². The van der Waals surface area contributed by atoms with Gasteiger partial charge in [0.1, 0.15) is 10.4 Å². The van der Waals surface area contributed by atoms with Gasteiger partial charge in [0, 0.05) is 18.9 Å². The van der Waals surface area contributed by atoms with E-state index in [9.17, 15) is 9.59 Å². The lowest BCUT2D eigenvalue weighted by Gasteiger charge is -2.29. The quantitative estimate of drug-likeness (QED) is 0.516.